The summed E-state index contributed by atoms with van der Waals surface area (Å²) >= 11 is 0. The first-order valence-electron chi connectivity index (χ1n) is 9.86. The fourth-order valence-corrected chi connectivity index (χ4v) is 3.13. The molecule has 34 heavy (non-hydrogen) atoms. The van der Waals surface area contributed by atoms with Gasteiger partial charge in [-0.05, 0) is 38.1 Å². The van der Waals surface area contributed by atoms with Gasteiger partial charge in [-0.25, -0.2) is 18.0 Å². The number of rotatable bonds is 7. The van der Waals surface area contributed by atoms with Crippen LogP contribution in [0.3, 0.4) is 0 Å². The molecule has 178 valence electrons. The van der Waals surface area contributed by atoms with Crippen molar-refractivity contribution in [3.8, 4) is 0 Å². The van der Waals surface area contributed by atoms with E-state index in [2.05, 4.69) is 5.32 Å². The van der Waals surface area contributed by atoms with Crippen LogP contribution in [0, 0.1) is 24.4 Å². The van der Waals surface area contributed by atoms with E-state index in [-0.39, 0.29) is 11.1 Å². The van der Waals surface area contributed by atoms with E-state index >= 15 is 0 Å². The van der Waals surface area contributed by atoms with E-state index in [1.165, 1.54) is 19.1 Å². The molecule has 12 heteroatoms. The Morgan fingerprint density at radius 3 is 2.35 bits per heavy atom. The van der Waals surface area contributed by atoms with E-state index in [9.17, 15) is 37.1 Å². The highest BCUT2D eigenvalue weighted by Crippen LogP contribution is 2.26. The molecular weight excluding hydrogens is 459 g/mol. The second-order valence-corrected chi connectivity index (χ2v) is 7.36. The van der Waals surface area contributed by atoms with Crippen LogP contribution in [0.2, 0.25) is 0 Å². The maximum atomic E-state index is 13.6. The molecular formula is C22H18F3N3O6. The standard InChI is InChI=1S/C22H18F3N3O6/c1-10-3-4-12-13(7-10)21(32)28(20(12)31)11(2)22(33)34-9-17(30)26-8-16(29)27-15-6-5-14(23)18(24)19(15)25/h3-7,11H,8-9H2,1-2H3,(H,26,30)(H,27,29). The summed E-state index contributed by atoms with van der Waals surface area (Å²) in [5, 5.41) is 4.04. The number of halogens is 3. The van der Waals surface area contributed by atoms with Gasteiger partial charge in [0.1, 0.15) is 6.04 Å². The van der Waals surface area contributed by atoms with Crippen LogP contribution in [0.4, 0.5) is 18.9 Å². The summed E-state index contributed by atoms with van der Waals surface area (Å²) in [6.07, 6.45) is 0. The third-order valence-corrected chi connectivity index (χ3v) is 4.90. The number of imide groups is 1. The van der Waals surface area contributed by atoms with Gasteiger partial charge in [-0.2, -0.15) is 0 Å². The van der Waals surface area contributed by atoms with E-state index < -0.39 is 71.9 Å². The van der Waals surface area contributed by atoms with Gasteiger partial charge >= 0.3 is 5.97 Å². The zero-order valence-corrected chi connectivity index (χ0v) is 17.9. The summed E-state index contributed by atoms with van der Waals surface area (Å²) in [7, 11) is 0. The first-order chi connectivity index (χ1) is 16.0. The lowest BCUT2D eigenvalue weighted by atomic mass is 10.1. The van der Waals surface area contributed by atoms with E-state index in [0.717, 1.165) is 16.5 Å². The maximum absolute atomic E-state index is 13.6. The Balaban J connectivity index is 1.49. The third kappa shape index (κ3) is 4.90. The van der Waals surface area contributed by atoms with Crippen molar-refractivity contribution < 1.29 is 41.9 Å². The van der Waals surface area contributed by atoms with Crippen molar-refractivity contribution >= 4 is 35.3 Å². The topological polar surface area (TPSA) is 122 Å². The molecule has 0 fully saturated rings. The number of esters is 1. The predicted molar refractivity (Wildman–Crippen MR) is 110 cm³/mol. The lowest BCUT2D eigenvalue weighted by Gasteiger charge is -2.20. The molecule has 0 bridgehead atoms. The highest BCUT2D eigenvalue weighted by atomic mass is 19.2. The van der Waals surface area contributed by atoms with Gasteiger partial charge in [-0.1, -0.05) is 11.6 Å². The molecule has 1 aliphatic rings. The Bertz CT molecular complexity index is 1220. The second kappa shape index (κ2) is 9.73. The van der Waals surface area contributed by atoms with Crippen molar-refractivity contribution in [1.82, 2.24) is 10.2 Å². The Hall–Kier alpha value is -4.22. The third-order valence-electron chi connectivity index (χ3n) is 4.90. The minimum absolute atomic E-state index is 0.150. The number of aryl methyl sites for hydroxylation is 1. The van der Waals surface area contributed by atoms with Crippen molar-refractivity contribution in [3.05, 3.63) is 64.5 Å². The van der Waals surface area contributed by atoms with Gasteiger partial charge in [0.05, 0.1) is 23.4 Å². The van der Waals surface area contributed by atoms with Gasteiger partial charge in [0.25, 0.3) is 17.7 Å². The molecule has 1 aliphatic heterocycles. The minimum atomic E-state index is -1.77. The zero-order valence-electron chi connectivity index (χ0n) is 17.9. The lowest BCUT2D eigenvalue weighted by molar-refractivity contribution is -0.151. The Morgan fingerprint density at radius 1 is 0.971 bits per heavy atom. The number of carbonyl (C=O) groups is 5. The minimum Gasteiger partial charge on any atom is -0.454 e. The molecule has 0 saturated heterocycles. The van der Waals surface area contributed by atoms with Crippen molar-refractivity contribution in [1.29, 1.82) is 0 Å². The first kappa shape index (κ1) is 24.4. The van der Waals surface area contributed by atoms with E-state index in [1.54, 1.807) is 13.0 Å². The molecule has 0 saturated carbocycles. The Morgan fingerprint density at radius 2 is 1.65 bits per heavy atom. The van der Waals surface area contributed by atoms with Crippen LogP contribution < -0.4 is 10.6 Å². The first-order valence-corrected chi connectivity index (χ1v) is 9.86. The average molecular weight is 477 g/mol. The van der Waals surface area contributed by atoms with Gasteiger partial charge in [-0.3, -0.25) is 24.1 Å². The van der Waals surface area contributed by atoms with Crippen LogP contribution >= 0.6 is 0 Å². The van der Waals surface area contributed by atoms with Crippen molar-refractivity contribution in [2.24, 2.45) is 0 Å². The van der Waals surface area contributed by atoms with Crippen LogP contribution in [0.1, 0.15) is 33.2 Å². The average Bonchev–Trinajstić information content (AvgIpc) is 3.05. The molecule has 2 aromatic carbocycles. The van der Waals surface area contributed by atoms with E-state index in [0.29, 0.717) is 6.07 Å². The summed E-state index contributed by atoms with van der Waals surface area (Å²) in [6, 6.07) is 4.75. The normalized spacial score (nSPS) is 13.4. The number of hydrogen-bond donors (Lipinski definition) is 2. The number of nitrogens with one attached hydrogen (secondary N) is 2. The Kier molecular flexibility index (Phi) is 6.99. The molecule has 2 N–H and O–H groups in total. The van der Waals surface area contributed by atoms with Crippen LogP contribution in [0.5, 0.6) is 0 Å². The highest BCUT2D eigenvalue weighted by Gasteiger charge is 2.41. The van der Waals surface area contributed by atoms with Crippen LogP contribution in [-0.2, 0) is 19.1 Å². The summed E-state index contributed by atoms with van der Waals surface area (Å²) in [5.74, 6) is -9.06. The summed E-state index contributed by atoms with van der Waals surface area (Å²) < 4.78 is 44.5. The van der Waals surface area contributed by atoms with Gasteiger partial charge in [0.15, 0.2) is 24.1 Å². The number of benzene rings is 2. The van der Waals surface area contributed by atoms with Crippen molar-refractivity contribution in [2.75, 3.05) is 18.5 Å². The second-order valence-electron chi connectivity index (χ2n) is 7.36. The molecule has 1 unspecified atom stereocenters. The number of hydrogen-bond acceptors (Lipinski definition) is 6. The van der Waals surface area contributed by atoms with Crippen LogP contribution in [-0.4, -0.2) is 53.7 Å². The van der Waals surface area contributed by atoms with E-state index in [4.69, 9.17) is 4.74 Å². The summed E-state index contributed by atoms with van der Waals surface area (Å²) in [6.45, 7) is 1.48. The number of fused-ring (bicyclic) bond motifs is 1. The fraction of sp³-hybridized carbons (Fsp3) is 0.227. The molecule has 1 heterocycles. The van der Waals surface area contributed by atoms with Gasteiger partial charge < -0.3 is 15.4 Å². The van der Waals surface area contributed by atoms with Gasteiger partial charge in [0, 0.05) is 0 Å². The Labute approximate surface area is 190 Å². The summed E-state index contributed by atoms with van der Waals surface area (Å²) in [5.41, 5.74) is 0.432. The number of carbonyl (C=O) groups excluding carboxylic acids is 5. The largest absolute Gasteiger partial charge is 0.454 e. The smallest absolute Gasteiger partial charge is 0.329 e. The van der Waals surface area contributed by atoms with Crippen molar-refractivity contribution in [2.45, 2.75) is 19.9 Å². The molecule has 2 aromatic rings. The quantitative estimate of drug-likeness (QED) is 0.356. The fourth-order valence-electron chi connectivity index (χ4n) is 3.13. The lowest BCUT2D eigenvalue weighted by Crippen LogP contribution is -2.44. The van der Waals surface area contributed by atoms with Crippen LogP contribution in [0.25, 0.3) is 0 Å². The molecule has 3 rings (SSSR count). The molecule has 0 aromatic heterocycles. The molecule has 4 amide bonds. The molecule has 1 atom stereocenters. The molecule has 9 nitrogen and oxygen atoms in total. The van der Waals surface area contributed by atoms with E-state index in [1.807, 2.05) is 5.32 Å². The SMILES string of the molecule is Cc1ccc2c(c1)C(=O)N(C(C)C(=O)OCC(=O)NCC(=O)Nc1ccc(F)c(F)c1F)C2=O. The molecule has 0 aliphatic carbocycles. The van der Waals surface area contributed by atoms with Crippen LogP contribution in [0.15, 0.2) is 30.3 Å². The number of anilines is 1. The predicted octanol–water partition coefficient (Wildman–Crippen LogP) is 1.69. The highest BCUT2D eigenvalue weighted by molar-refractivity contribution is 6.22. The van der Waals surface area contributed by atoms with Gasteiger partial charge in [0.2, 0.25) is 5.91 Å². The zero-order chi connectivity index (χ0) is 25.2. The van der Waals surface area contributed by atoms with Crippen molar-refractivity contribution in [3.63, 3.8) is 0 Å². The molecule has 0 spiro atoms. The number of ether oxygens (including phenoxy) is 1. The van der Waals surface area contributed by atoms with Gasteiger partial charge in [-0.15, -0.1) is 0 Å². The maximum Gasteiger partial charge on any atom is 0.329 e. The summed E-state index contributed by atoms with van der Waals surface area (Å²) in [4.78, 5) is 61.7. The monoisotopic (exact) mass is 477 g/mol. The number of amides is 4. The molecule has 0 radical (unpaired) electrons. The number of nitrogens with zero attached hydrogens (tertiary/aromatic N) is 1.